The fourth-order valence-electron chi connectivity index (χ4n) is 2.70. The maximum absolute atomic E-state index is 12.2. The van der Waals surface area contributed by atoms with E-state index in [0.717, 1.165) is 0 Å². The van der Waals surface area contributed by atoms with Crippen LogP contribution in [0.4, 0.5) is 0 Å². The molecule has 1 heterocycles. The fraction of sp³-hybridized carbons (Fsp3) is 0.500. The van der Waals surface area contributed by atoms with Crippen molar-refractivity contribution in [3.05, 3.63) is 35.4 Å². The number of hydrogen-bond donors (Lipinski definition) is 1. The molecule has 25 heavy (non-hydrogen) atoms. The minimum atomic E-state index is -0.600. The summed E-state index contributed by atoms with van der Waals surface area (Å²) in [6.07, 6.45) is 1.41. The molecule has 0 aliphatic carbocycles. The fourth-order valence-corrected chi connectivity index (χ4v) is 2.70. The Bertz CT molecular complexity index is 612. The van der Waals surface area contributed by atoms with E-state index in [0.29, 0.717) is 43.7 Å². The van der Waals surface area contributed by atoms with Crippen LogP contribution in [0.5, 0.6) is 0 Å². The highest BCUT2D eigenvalue weighted by Crippen LogP contribution is 2.18. The van der Waals surface area contributed by atoms with E-state index in [4.69, 9.17) is 14.6 Å². The number of nitrogens with zero attached hydrogens (tertiary/aromatic N) is 1. The highest BCUT2D eigenvalue weighted by molar-refractivity contribution is 5.91. The molecular formula is C18H23NO6. The van der Waals surface area contributed by atoms with E-state index < -0.39 is 5.97 Å². The number of carbonyl (C=O) groups is 3. The zero-order chi connectivity index (χ0) is 18.2. The number of rotatable bonds is 6. The monoisotopic (exact) mass is 349 g/mol. The Labute approximate surface area is 146 Å². The Hall–Kier alpha value is -2.41. The lowest BCUT2D eigenvalue weighted by Gasteiger charge is -2.31. The van der Waals surface area contributed by atoms with Crippen LogP contribution in [0, 0.1) is 5.92 Å². The van der Waals surface area contributed by atoms with Crippen LogP contribution in [0.15, 0.2) is 24.3 Å². The summed E-state index contributed by atoms with van der Waals surface area (Å²) in [7, 11) is 0. The van der Waals surface area contributed by atoms with Crippen molar-refractivity contribution >= 4 is 17.8 Å². The Morgan fingerprint density at radius 3 is 2.56 bits per heavy atom. The highest BCUT2D eigenvalue weighted by Gasteiger charge is 2.29. The Balaban J connectivity index is 1.84. The highest BCUT2D eigenvalue weighted by atomic mass is 16.5. The molecule has 1 unspecified atom stereocenters. The molecule has 1 fully saturated rings. The summed E-state index contributed by atoms with van der Waals surface area (Å²) in [4.78, 5) is 37.5. The molecule has 0 spiro atoms. The maximum atomic E-state index is 12.2. The van der Waals surface area contributed by atoms with E-state index in [1.165, 1.54) is 17.0 Å². The number of amides is 1. The molecular weight excluding hydrogens is 326 g/mol. The molecule has 0 saturated carbocycles. The summed E-state index contributed by atoms with van der Waals surface area (Å²) in [5, 5.41) is 8.98. The molecule has 1 aliphatic heterocycles. The van der Waals surface area contributed by atoms with Gasteiger partial charge >= 0.3 is 11.9 Å². The van der Waals surface area contributed by atoms with Crippen molar-refractivity contribution in [3.8, 4) is 0 Å². The summed E-state index contributed by atoms with van der Waals surface area (Å²) in [5.74, 6) is -1.54. The molecule has 1 amide bonds. The van der Waals surface area contributed by atoms with Crippen LogP contribution < -0.4 is 0 Å². The predicted molar refractivity (Wildman–Crippen MR) is 88.6 cm³/mol. The lowest BCUT2D eigenvalue weighted by molar-refractivity contribution is -0.151. The van der Waals surface area contributed by atoms with Gasteiger partial charge in [0, 0.05) is 13.1 Å². The van der Waals surface area contributed by atoms with Gasteiger partial charge in [-0.3, -0.25) is 9.59 Å². The third-order valence-corrected chi connectivity index (χ3v) is 4.09. The van der Waals surface area contributed by atoms with E-state index in [9.17, 15) is 14.4 Å². The van der Waals surface area contributed by atoms with Crippen molar-refractivity contribution in [2.75, 3.05) is 26.3 Å². The molecule has 1 N–H and O–H groups in total. The smallest absolute Gasteiger partial charge is 0.338 e. The first-order chi connectivity index (χ1) is 12.0. The molecule has 0 radical (unpaired) electrons. The zero-order valence-electron chi connectivity index (χ0n) is 14.3. The van der Waals surface area contributed by atoms with E-state index in [2.05, 4.69) is 0 Å². The topological polar surface area (TPSA) is 93.1 Å². The van der Waals surface area contributed by atoms with Gasteiger partial charge in [-0.25, -0.2) is 4.79 Å². The number of ether oxygens (including phenoxy) is 2. The van der Waals surface area contributed by atoms with Crippen LogP contribution in [-0.2, 0) is 25.7 Å². The minimum Gasteiger partial charge on any atom is -0.466 e. The molecule has 0 bridgehead atoms. The summed E-state index contributed by atoms with van der Waals surface area (Å²) < 4.78 is 10.1. The van der Waals surface area contributed by atoms with Gasteiger partial charge in [-0.15, -0.1) is 0 Å². The van der Waals surface area contributed by atoms with Gasteiger partial charge in [-0.2, -0.15) is 0 Å². The van der Waals surface area contributed by atoms with Crippen molar-refractivity contribution in [1.29, 1.82) is 0 Å². The Morgan fingerprint density at radius 1 is 1.20 bits per heavy atom. The lowest BCUT2D eigenvalue weighted by Crippen LogP contribution is -2.44. The molecule has 1 aromatic carbocycles. The van der Waals surface area contributed by atoms with Gasteiger partial charge in [0.2, 0.25) is 0 Å². The second-order valence-electron chi connectivity index (χ2n) is 5.86. The Morgan fingerprint density at radius 2 is 1.92 bits per heavy atom. The van der Waals surface area contributed by atoms with Gasteiger partial charge in [-0.05, 0) is 37.5 Å². The average molecular weight is 349 g/mol. The molecule has 0 aromatic heterocycles. The summed E-state index contributed by atoms with van der Waals surface area (Å²) in [5.41, 5.74) is 0.999. The molecule has 136 valence electrons. The first-order valence-corrected chi connectivity index (χ1v) is 8.36. The number of carbonyl (C=O) groups excluding carboxylic acids is 3. The molecule has 1 aliphatic rings. The number of esters is 2. The lowest BCUT2D eigenvalue weighted by atomic mass is 9.98. The van der Waals surface area contributed by atoms with Crippen molar-refractivity contribution in [3.63, 3.8) is 0 Å². The molecule has 1 aromatic rings. The van der Waals surface area contributed by atoms with E-state index in [-0.39, 0.29) is 31.0 Å². The average Bonchev–Trinajstić information content (AvgIpc) is 2.66. The zero-order valence-corrected chi connectivity index (χ0v) is 14.3. The number of hydrogen-bond acceptors (Lipinski definition) is 6. The standard InChI is InChI=1S/C18H23NO6/c1-2-24-18(23)15-4-3-9-19(10-15)16(21)12-25-17(22)14-7-5-13(11-20)6-8-14/h5-8,15,20H,2-4,9-12H2,1H3. The third-order valence-electron chi connectivity index (χ3n) is 4.09. The normalized spacial score (nSPS) is 17.0. The summed E-state index contributed by atoms with van der Waals surface area (Å²) in [6, 6.07) is 6.31. The number of piperidine rings is 1. The van der Waals surface area contributed by atoms with Crippen molar-refractivity contribution < 1.29 is 29.0 Å². The van der Waals surface area contributed by atoms with Crippen molar-refractivity contribution in [2.45, 2.75) is 26.4 Å². The molecule has 7 heteroatoms. The number of aliphatic hydroxyl groups excluding tert-OH is 1. The van der Waals surface area contributed by atoms with E-state index in [1.54, 1.807) is 19.1 Å². The van der Waals surface area contributed by atoms with Gasteiger partial charge in [0.15, 0.2) is 6.61 Å². The van der Waals surface area contributed by atoms with E-state index >= 15 is 0 Å². The van der Waals surface area contributed by atoms with Gasteiger partial charge < -0.3 is 19.5 Å². The summed E-state index contributed by atoms with van der Waals surface area (Å²) in [6.45, 7) is 2.42. The van der Waals surface area contributed by atoms with Crippen LogP contribution in [0.3, 0.4) is 0 Å². The molecule has 2 rings (SSSR count). The van der Waals surface area contributed by atoms with Crippen molar-refractivity contribution in [2.24, 2.45) is 5.92 Å². The molecule has 7 nitrogen and oxygen atoms in total. The van der Waals surface area contributed by atoms with Gasteiger partial charge in [-0.1, -0.05) is 12.1 Å². The number of benzene rings is 1. The van der Waals surface area contributed by atoms with E-state index in [1.807, 2.05) is 0 Å². The number of aliphatic hydroxyl groups is 1. The maximum Gasteiger partial charge on any atom is 0.338 e. The van der Waals surface area contributed by atoms with Gasteiger partial charge in [0.25, 0.3) is 5.91 Å². The minimum absolute atomic E-state index is 0.107. The van der Waals surface area contributed by atoms with Crippen LogP contribution in [-0.4, -0.2) is 54.2 Å². The summed E-state index contributed by atoms with van der Waals surface area (Å²) >= 11 is 0. The SMILES string of the molecule is CCOC(=O)C1CCCN(C(=O)COC(=O)c2ccc(CO)cc2)C1. The van der Waals surface area contributed by atoms with Crippen molar-refractivity contribution in [1.82, 2.24) is 4.90 Å². The quantitative estimate of drug-likeness (QED) is 0.774. The van der Waals surface area contributed by atoms with Crippen LogP contribution in [0.25, 0.3) is 0 Å². The first-order valence-electron chi connectivity index (χ1n) is 8.36. The second kappa shape index (κ2) is 9.17. The van der Waals surface area contributed by atoms with Crippen LogP contribution >= 0.6 is 0 Å². The largest absolute Gasteiger partial charge is 0.466 e. The second-order valence-corrected chi connectivity index (χ2v) is 5.86. The molecule has 1 saturated heterocycles. The first kappa shape index (κ1) is 18.9. The van der Waals surface area contributed by atoms with Crippen LogP contribution in [0.1, 0.15) is 35.7 Å². The third kappa shape index (κ3) is 5.29. The predicted octanol–water partition coefficient (Wildman–Crippen LogP) is 1.14. The Kier molecular flexibility index (Phi) is 6.94. The van der Waals surface area contributed by atoms with Gasteiger partial charge in [0.05, 0.1) is 24.7 Å². The van der Waals surface area contributed by atoms with Gasteiger partial charge in [0.1, 0.15) is 0 Å². The van der Waals surface area contributed by atoms with Crippen LogP contribution in [0.2, 0.25) is 0 Å². The number of likely N-dealkylation sites (tertiary alicyclic amines) is 1. The molecule has 1 atom stereocenters.